The number of hydrogen-bond donors (Lipinski definition) is 0. The van der Waals surface area contributed by atoms with Crippen molar-refractivity contribution in [1.29, 1.82) is 0 Å². The molecule has 0 amide bonds. The van der Waals surface area contributed by atoms with Gasteiger partial charge in [0, 0.05) is 12.0 Å². The summed E-state index contributed by atoms with van der Waals surface area (Å²) in [7, 11) is 4.04. The minimum atomic E-state index is -0.0437. The van der Waals surface area contributed by atoms with Gasteiger partial charge in [-0.3, -0.25) is 4.79 Å². The van der Waals surface area contributed by atoms with Gasteiger partial charge in [0.15, 0.2) is 5.78 Å². The van der Waals surface area contributed by atoms with Crippen LogP contribution in [0.3, 0.4) is 0 Å². The molecular weight excluding hydrogens is 228 g/mol. The van der Waals surface area contributed by atoms with Crippen molar-refractivity contribution in [1.82, 2.24) is 9.88 Å². The molecule has 4 heteroatoms. The van der Waals surface area contributed by atoms with Crippen molar-refractivity contribution in [3.8, 4) is 5.75 Å². The molecule has 1 rings (SSSR count). The van der Waals surface area contributed by atoms with Gasteiger partial charge in [-0.1, -0.05) is 6.92 Å². The van der Waals surface area contributed by atoms with Crippen LogP contribution in [0.25, 0.3) is 0 Å². The Morgan fingerprint density at radius 3 is 2.50 bits per heavy atom. The first-order chi connectivity index (χ1) is 8.36. The van der Waals surface area contributed by atoms with Crippen molar-refractivity contribution >= 4 is 5.78 Å². The fraction of sp³-hybridized carbons (Fsp3) is 0.571. The van der Waals surface area contributed by atoms with Gasteiger partial charge in [0.05, 0.1) is 6.20 Å². The van der Waals surface area contributed by atoms with E-state index in [9.17, 15) is 4.79 Å². The fourth-order valence-corrected chi connectivity index (χ4v) is 1.20. The smallest absolute Gasteiger partial charge is 0.180 e. The number of aromatic nitrogens is 1. The van der Waals surface area contributed by atoms with Crippen molar-refractivity contribution in [2.75, 3.05) is 20.7 Å². The molecule has 1 aromatic heterocycles. The van der Waals surface area contributed by atoms with Gasteiger partial charge >= 0.3 is 0 Å². The number of likely N-dealkylation sites (N-methyl/N-ethyl adjacent to an activating group) is 1. The van der Waals surface area contributed by atoms with Gasteiger partial charge in [0.1, 0.15) is 18.1 Å². The second-order valence-electron chi connectivity index (χ2n) is 5.15. The fourth-order valence-electron chi connectivity index (χ4n) is 1.20. The van der Waals surface area contributed by atoms with E-state index in [0.717, 1.165) is 0 Å². The summed E-state index contributed by atoms with van der Waals surface area (Å²) in [5.41, 5.74) is 0.453. The lowest BCUT2D eigenvalue weighted by atomic mass is 10.1. The van der Waals surface area contributed by atoms with E-state index in [1.807, 2.05) is 21.0 Å². The summed E-state index contributed by atoms with van der Waals surface area (Å²) in [6.07, 6.45) is 2.08. The van der Waals surface area contributed by atoms with Gasteiger partial charge in [-0.15, -0.1) is 0 Å². The summed E-state index contributed by atoms with van der Waals surface area (Å²) >= 11 is 0. The number of ether oxygens (including phenoxy) is 1. The Morgan fingerprint density at radius 1 is 1.39 bits per heavy atom. The predicted octanol–water partition coefficient (Wildman–Crippen LogP) is 2.39. The number of nitrogens with zero attached hydrogens (tertiary/aromatic N) is 2. The van der Waals surface area contributed by atoms with E-state index in [1.165, 1.54) is 0 Å². The molecule has 0 N–H and O–H groups in total. The molecular formula is C14H22N2O2. The molecule has 0 spiro atoms. The summed E-state index contributed by atoms with van der Waals surface area (Å²) in [5.74, 6) is 0.743. The van der Waals surface area contributed by atoms with Crippen LogP contribution in [0.4, 0.5) is 0 Å². The number of hydrogen-bond acceptors (Lipinski definition) is 4. The maximum absolute atomic E-state index is 11.4. The van der Waals surface area contributed by atoms with E-state index in [-0.39, 0.29) is 11.3 Å². The minimum absolute atomic E-state index is 0.0437. The minimum Gasteiger partial charge on any atom is -0.490 e. The average molecular weight is 250 g/mol. The first kappa shape index (κ1) is 14.6. The first-order valence-corrected chi connectivity index (χ1v) is 6.16. The summed E-state index contributed by atoms with van der Waals surface area (Å²) in [5, 5.41) is 0. The highest BCUT2D eigenvalue weighted by Crippen LogP contribution is 2.15. The highest BCUT2D eigenvalue weighted by molar-refractivity contribution is 5.93. The van der Waals surface area contributed by atoms with Crippen molar-refractivity contribution in [2.24, 2.45) is 0 Å². The molecule has 0 bridgehead atoms. The summed E-state index contributed by atoms with van der Waals surface area (Å²) in [4.78, 5) is 17.6. The Hall–Kier alpha value is -1.42. The molecule has 1 heterocycles. The normalized spacial score (nSPS) is 11.7. The summed E-state index contributed by atoms with van der Waals surface area (Å²) in [6, 6.07) is 3.51. The Labute approximate surface area is 109 Å². The van der Waals surface area contributed by atoms with Crippen LogP contribution in [0.5, 0.6) is 5.75 Å². The van der Waals surface area contributed by atoms with Crippen LogP contribution in [0.15, 0.2) is 18.3 Å². The zero-order valence-electron chi connectivity index (χ0n) is 11.9. The SMILES string of the molecule is CCC(=O)c1ccc(OCC(C)(C)N(C)C)cn1. The van der Waals surface area contributed by atoms with Crippen LogP contribution in [0.1, 0.15) is 37.7 Å². The van der Waals surface area contributed by atoms with E-state index in [4.69, 9.17) is 4.74 Å². The number of ketones is 1. The van der Waals surface area contributed by atoms with Crippen molar-refractivity contribution in [3.05, 3.63) is 24.0 Å². The number of carbonyl (C=O) groups excluding carboxylic acids is 1. The molecule has 0 radical (unpaired) electrons. The number of carbonyl (C=O) groups is 1. The molecule has 100 valence electrons. The van der Waals surface area contributed by atoms with Gasteiger partial charge in [0.25, 0.3) is 0 Å². The van der Waals surface area contributed by atoms with Crippen LogP contribution in [0, 0.1) is 0 Å². The second-order valence-corrected chi connectivity index (χ2v) is 5.15. The Morgan fingerprint density at radius 2 is 2.06 bits per heavy atom. The molecule has 1 aromatic rings. The molecule has 0 fully saturated rings. The quantitative estimate of drug-likeness (QED) is 0.727. The maximum Gasteiger partial charge on any atom is 0.180 e. The highest BCUT2D eigenvalue weighted by atomic mass is 16.5. The van der Waals surface area contributed by atoms with Crippen LogP contribution >= 0.6 is 0 Å². The van der Waals surface area contributed by atoms with Crippen molar-refractivity contribution < 1.29 is 9.53 Å². The van der Waals surface area contributed by atoms with E-state index in [0.29, 0.717) is 24.5 Å². The number of Topliss-reactive ketones (excluding diaryl/α,β-unsaturated/α-hetero) is 1. The van der Waals surface area contributed by atoms with Gasteiger partial charge in [-0.05, 0) is 40.1 Å². The standard InChI is InChI=1S/C14H22N2O2/c1-6-13(17)12-8-7-11(9-15-12)18-10-14(2,3)16(4)5/h7-9H,6,10H2,1-5H3. The van der Waals surface area contributed by atoms with Crippen molar-refractivity contribution in [2.45, 2.75) is 32.7 Å². The van der Waals surface area contributed by atoms with E-state index in [1.54, 1.807) is 18.3 Å². The van der Waals surface area contributed by atoms with Crippen LogP contribution in [-0.2, 0) is 0 Å². The van der Waals surface area contributed by atoms with E-state index < -0.39 is 0 Å². The molecule has 0 aromatic carbocycles. The largest absolute Gasteiger partial charge is 0.490 e. The molecule has 0 aliphatic heterocycles. The van der Waals surface area contributed by atoms with E-state index >= 15 is 0 Å². The molecule has 18 heavy (non-hydrogen) atoms. The monoisotopic (exact) mass is 250 g/mol. The van der Waals surface area contributed by atoms with Crippen LogP contribution < -0.4 is 4.74 Å². The Bertz CT molecular complexity index is 397. The third-order valence-electron chi connectivity index (χ3n) is 3.15. The average Bonchev–Trinajstić information content (AvgIpc) is 2.36. The Balaban J connectivity index is 2.62. The second kappa shape index (κ2) is 5.96. The van der Waals surface area contributed by atoms with Gasteiger partial charge in [-0.2, -0.15) is 0 Å². The van der Waals surface area contributed by atoms with Crippen molar-refractivity contribution in [3.63, 3.8) is 0 Å². The maximum atomic E-state index is 11.4. The zero-order chi connectivity index (χ0) is 13.8. The van der Waals surface area contributed by atoms with Gasteiger partial charge < -0.3 is 9.64 Å². The lowest BCUT2D eigenvalue weighted by Gasteiger charge is -2.32. The molecule has 4 nitrogen and oxygen atoms in total. The third-order valence-corrected chi connectivity index (χ3v) is 3.15. The molecule has 0 atom stereocenters. The lowest BCUT2D eigenvalue weighted by Crippen LogP contribution is -2.43. The first-order valence-electron chi connectivity index (χ1n) is 6.16. The molecule has 0 unspecified atom stereocenters. The molecule has 0 saturated carbocycles. The third kappa shape index (κ3) is 3.81. The van der Waals surface area contributed by atoms with Crippen LogP contribution in [-0.4, -0.2) is 41.9 Å². The number of pyridine rings is 1. The number of rotatable bonds is 6. The van der Waals surface area contributed by atoms with Gasteiger partial charge in [0.2, 0.25) is 0 Å². The highest BCUT2D eigenvalue weighted by Gasteiger charge is 2.21. The lowest BCUT2D eigenvalue weighted by molar-refractivity contribution is 0.0982. The van der Waals surface area contributed by atoms with E-state index in [2.05, 4.69) is 23.7 Å². The molecule has 0 aliphatic carbocycles. The Kier molecular flexibility index (Phi) is 4.84. The molecule has 0 aliphatic rings. The van der Waals surface area contributed by atoms with Crippen LogP contribution in [0.2, 0.25) is 0 Å². The predicted molar refractivity (Wildman–Crippen MR) is 72.1 cm³/mol. The van der Waals surface area contributed by atoms with Gasteiger partial charge in [-0.25, -0.2) is 4.98 Å². The summed E-state index contributed by atoms with van der Waals surface area (Å²) in [6.45, 7) is 6.61. The zero-order valence-corrected chi connectivity index (χ0v) is 11.9. The summed E-state index contributed by atoms with van der Waals surface area (Å²) < 4.78 is 5.69. The topological polar surface area (TPSA) is 42.4 Å². The molecule has 0 saturated heterocycles.